The molecule has 0 aliphatic heterocycles. The Morgan fingerprint density at radius 2 is 1.38 bits per heavy atom. The number of hydrogen-bond donors (Lipinski definition) is 1. The van der Waals surface area contributed by atoms with Gasteiger partial charge in [-0.1, -0.05) is 78.4 Å². The minimum absolute atomic E-state index is 0.723. The van der Waals surface area contributed by atoms with Crippen LogP contribution in [0.2, 0.25) is 0 Å². The first kappa shape index (κ1) is 16.8. The summed E-state index contributed by atoms with van der Waals surface area (Å²) in [7, 11) is 0. The van der Waals surface area contributed by atoms with Gasteiger partial charge < -0.3 is 5.84 Å². The summed E-state index contributed by atoms with van der Waals surface area (Å²) in [5, 5.41) is 9.01. The Labute approximate surface area is 157 Å². The zero-order valence-electron chi connectivity index (χ0n) is 14.6. The molecule has 0 bridgehead atoms. The summed E-state index contributed by atoms with van der Waals surface area (Å²) in [4.78, 5) is 1.84. The highest BCUT2D eigenvalue weighted by atomic mass is 32.1. The van der Waals surface area contributed by atoms with Crippen LogP contribution < -0.4 is 10.6 Å². The summed E-state index contributed by atoms with van der Waals surface area (Å²) in [6.07, 6.45) is 5.83. The average Bonchev–Trinajstić information content (AvgIpc) is 3.05. The van der Waals surface area contributed by atoms with Crippen LogP contribution in [0.25, 0.3) is 21.7 Å². The minimum Gasteiger partial charge on any atom is -0.336 e. The lowest BCUT2D eigenvalue weighted by Gasteiger charge is -2.09. The monoisotopic (exact) mass is 362 g/mol. The molecule has 1 heterocycles. The zero-order valence-corrected chi connectivity index (χ0v) is 15.5. The molecule has 3 aromatic rings. The van der Waals surface area contributed by atoms with Crippen molar-refractivity contribution in [2.24, 2.45) is 10.2 Å². The lowest BCUT2D eigenvalue weighted by atomic mass is 9.99. The number of rotatable bonds is 3. The lowest BCUT2D eigenvalue weighted by Crippen LogP contribution is -2.23. The number of nitrogen functional groups attached to an aromatic ring is 1. The van der Waals surface area contributed by atoms with E-state index in [1.165, 1.54) is 25.0 Å². The van der Waals surface area contributed by atoms with Gasteiger partial charge in [0.25, 0.3) is 0 Å². The Hall–Kier alpha value is -2.66. The number of benzene rings is 2. The summed E-state index contributed by atoms with van der Waals surface area (Å²) in [5.41, 5.74) is 4.38. The first-order valence-electron chi connectivity index (χ1n) is 9.04. The van der Waals surface area contributed by atoms with E-state index in [1.54, 1.807) is 16.0 Å². The standard InChI is InChI=1S/C21H22N4S/c22-25-19(16-10-4-1-5-11-16)20(17-12-6-2-7-13-17)26-21(25)24-23-18-14-8-3-9-15-18/h1-2,4-7,10-13H,3,8-9,14-15,22H2/b24-21-. The molecule has 0 radical (unpaired) electrons. The highest BCUT2D eigenvalue weighted by Gasteiger charge is 2.16. The van der Waals surface area contributed by atoms with Gasteiger partial charge in [-0.25, -0.2) is 4.68 Å². The lowest BCUT2D eigenvalue weighted by molar-refractivity contribution is 0.663. The van der Waals surface area contributed by atoms with E-state index in [0.717, 1.165) is 39.3 Å². The van der Waals surface area contributed by atoms with Gasteiger partial charge in [0.05, 0.1) is 10.6 Å². The molecular weight excluding hydrogens is 340 g/mol. The first-order valence-corrected chi connectivity index (χ1v) is 9.86. The Bertz CT molecular complexity index is 960. The number of nitrogens with two attached hydrogens (primary N) is 1. The smallest absolute Gasteiger partial charge is 0.229 e. The van der Waals surface area contributed by atoms with Crippen molar-refractivity contribution in [3.8, 4) is 21.7 Å². The molecule has 1 fully saturated rings. The normalized spacial score (nSPS) is 15.2. The summed E-state index contributed by atoms with van der Waals surface area (Å²) in [5.74, 6) is 6.45. The molecule has 5 heteroatoms. The molecular formula is C21H22N4S. The van der Waals surface area contributed by atoms with Crippen molar-refractivity contribution >= 4 is 17.0 Å². The molecule has 0 atom stereocenters. The van der Waals surface area contributed by atoms with Crippen LogP contribution in [0.4, 0.5) is 0 Å². The molecule has 26 heavy (non-hydrogen) atoms. The van der Waals surface area contributed by atoms with Crippen molar-refractivity contribution in [2.75, 3.05) is 5.84 Å². The Balaban J connectivity index is 1.85. The second-order valence-corrected chi connectivity index (χ2v) is 7.47. The van der Waals surface area contributed by atoms with Gasteiger partial charge in [-0.05, 0) is 31.2 Å². The van der Waals surface area contributed by atoms with Gasteiger partial charge in [0.15, 0.2) is 0 Å². The van der Waals surface area contributed by atoms with E-state index in [2.05, 4.69) is 34.5 Å². The van der Waals surface area contributed by atoms with Crippen LogP contribution in [0, 0.1) is 0 Å². The van der Waals surface area contributed by atoms with Crippen molar-refractivity contribution in [3.05, 3.63) is 65.5 Å². The maximum Gasteiger partial charge on any atom is 0.229 e. The summed E-state index contributed by atoms with van der Waals surface area (Å²) < 4.78 is 1.68. The molecule has 2 N–H and O–H groups in total. The molecule has 0 unspecified atom stereocenters. The molecule has 0 amide bonds. The second-order valence-electron chi connectivity index (χ2n) is 6.49. The van der Waals surface area contributed by atoms with Crippen molar-refractivity contribution < 1.29 is 0 Å². The van der Waals surface area contributed by atoms with E-state index < -0.39 is 0 Å². The summed E-state index contributed by atoms with van der Waals surface area (Å²) >= 11 is 1.59. The Morgan fingerprint density at radius 3 is 2.04 bits per heavy atom. The van der Waals surface area contributed by atoms with Crippen molar-refractivity contribution in [3.63, 3.8) is 0 Å². The van der Waals surface area contributed by atoms with E-state index in [0.29, 0.717) is 0 Å². The summed E-state index contributed by atoms with van der Waals surface area (Å²) in [6, 6.07) is 20.6. The largest absolute Gasteiger partial charge is 0.336 e. The van der Waals surface area contributed by atoms with Crippen LogP contribution in [0.15, 0.2) is 70.9 Å². The van der Waals surface area contributed by atoms with E-state index in [-0.39, 0.29) is 0 Å². The maximum atomic E-state index is 6.45. The topological polar surface area (TPSA) is 55.7 Å². The van der Waals surface area contributed by atoms with Crippen LogP contribution in [-0.4, -0.2) is 10.4 Å². The van der Waals surface area contributed by atoms with Crippen LogP contribution in [-0.2, 0) is 0 Å². The third-order valence-electron chi connectivity index (χ3n) is 4.65. The molecule has 0 spiro atoms. The van der Waals surface area contributed by atoms with Crippen molar-refractivity contribution in [1.29, 1.82) is 0 Å². The molecule has 132 valence electrons. The molecule has 4 rings (SSSR count). The maximum absolute atomic E-state index is 6.45. The van der Waals surface area contributed by atoms with E-state index in [1.807, 2.05) is 36.4 Å². The zero-order chi connectivity index (χ0) is 17.8. The highest BCUT2D eigenvalue weighted by Crippen LogP contribution is 2.33. The van der Waals surface area contributed by atoms with Crippen LogP contribution in [0.5, 0.6) is 0 Å². The van der Waals surface area contributed by atoms with Gasteiger partial charge >= 0.3 is 0 Å². The molecule has 2 aromatic carbocycles. The predicted molar refractivity (Wildman–Crippen MR) is 109 cm³/mol. The third kappa shape index (κ3) is 3.48. The SMILES string of the molecule is Nn1c(-c2ccccc2)c(-c2ccccc2)s/c1=N\N=C1CCCCC1. The number of nitrogens with zero attached hydrogens (tertiary/aromatic N) is 3. The van der Waals surface area contributed by atoms with Gasteiger partial charge in [0.2, 0.25) is 4.80 Å². The fourth-order valence-corrected chi connectivity index (χ4v) is 4.31. The van der Waals surface area contributed by atoms with Crippen LogP contribution in [0.3, 0.4) is 0 Å². The molecule has 1 aromatic heterocycles. The van der Waals surface area contributed by atoms with E-state index in [9.17, 15) is 0 Å². The minimum atomic E-state index is 0.723. The van der Waals surface area contributed by atoms with E-state index in [4.69, 9.17) is 5.84 Å². The quantitative estimate of drug-likeness (QED) is 0.527. The van der Waals surface area contributed by atoms with Crippen LogP contribution in [0.1, 0.15) is 32.1 Å². The van der Waals surface area contributed by atoms with Gasteiger partial charge in [0.1, 0.15) is 0 Å². The first-order chi connectivity index (χ1) is 12.8. The number of thiazole rings is 1. The second kappa shape index (κ2) is 7.70. The van der Waals surface area contributed by atoms with Gasteiger partial charge in [-0.3, -0.25) is 0 Å². The Kier molecular flexibility index (Phi) is 4.97. The number of hydrogen-bond acceptors (Lipinski definition) is 4. The van der Waals surface area contributed by atoms with Gasteiger partial charge in [0, 0.05) is 11.3 Å². The Morgan fingerprint density at radius 1 is 0.769 bits per heavy atom. The van der Waals surface area contributed by atoms with Gasteiger partial charge in [-0.15, -0.1) is 5.10 Å². The fraction of sp³-hybridized carbons (Fsp3) is 0.238. The molecule has 1 aliphatic carbocycles. The molecule has 0 saturated heterocycles. The van der Waals surface area contributed by atoms with Crippen molar-refractivity contribution in [2.45, 2.75) is 32.1 Å². The van der Waals surface area contributed by atoms with E-state index >= 15 is 0 Å². The fourth-order valence-electron chi connectivity index (χ4n) is 3.29. The van der Waals surface area contributed by atoms with Gasteiger partial charge in [-0.2, -0.15) is 5.10 Å². The predicted octanol–water partition coefficient (Wildman–Crippen LogP) is 4.82. The summed E-state index contributed by atoms with van der Waals surface area (Å²) in [6.45, 7) is 0. The molecule has 4 nitrogen and oxygen atoms in total. The van der Waals surface area contributed by atoms with Crippen LogP contribution >= 0.6 is 11.3 Å². The van der Waals surface area contributed by atoms with Crippen molar-refractivity contribution in [1.82, 2.24) is 4.68 Å². The molecule has 1 aliphatic rings. The average molecular weight is 363 g/mol. The number of aromatic nitrogens is 1. The molecule has 1 saturated carbocycles. The third-order valence-corrected chi connectivity index (χ3v) is 5.74. The highest BCUT2D eigenvalue weighted by molar-refractivity contribution is 7.13.